The molecule has 0 aliphatic heterocycles. The summed E-state index contributed by atoms with van der Waals surface area (Å²) in [5.74, 6) is 0.173. The maximum atomic E-state index is 13.5. The smallest absolute Gasteiger partial charge is 0.265 e. The third-order valence-electron chi connectivity index (χ3n) is 3.58. The molecule has 2 aromatic carbocycles. The van der Waals surface area contributed by atoms with Crippen LogP contribution in [0.15, 0.2) is 53.3 Å². The van der Waals surface area contributed by atoms with Crippen molar-refractivity contribution in [1.82, 2.24) is 10.2 Å². The topological polar surface area (TPSA) is 77.2 Å². The van der Waals surface area contributed by atoms with E-state index in [2.05, 4.69) is 15.5 Å². The molecule has 0 aliphatic rings. The summed E-state index contributed by atoms with van der Waals surface area (Å²) in [6, 6.07) is 11.4. The van der Waals surface area contributed by atoms with E-state index in [1.165, 1.54) is 12.5 Å². The van der Waals surface area contributed by atoms with Gasteiger partial charge in [0, 0.05) is 11.3 Å². The van der Waals surface area contributed by atoms with Crippen LogP contribution in [-0.2, 0) is 4.79 Å². The molecule has 128 valence electrons. The number of hydrogen-bond acceptors (Lipinski definition) is 5. The standard InChI is InChI=1S/C18H16FN3O3/c1-11-3-6-14(9-16(11)19)21-17(23)12(2)25-15-7-4-13(5-8-15)18-22-20-10-24-18/h3-10,12H,1-2H3,(H,21,23). The second kappa shape index (κ2) is 7.12. The molecule has 0 saturated carbocycles. The van der Waals surface area contributed by atoms with Gasteiger partial charge in [-0.25, -0.2) is 4.39 Å². The molecule has 0 saturated heterocycles. The quantitative estimate of drug-likeness (QED) is 0.767. The van der Waals surface area contributed by atoms with Gasteiger partial charge in [0.25, 0.3) is 5.91 Å². The predicted molar refractivity (Wildman–Crippen MR) is 89.6 cm³/mol. The van der Waals surface area contributed by atoms with Crippen LogP contribution in [0.4, 0.5) is 10.1 Å². The van der Waals surface area contributed by atoms with Gasteiger partial charge in [-0.2, -0.15) is 0 Å². The molecule has 1 heterocycles. The number of aryl methyl sites for hydroxylation is 1. The Morgan fingerprint density at radius 1 is 1.24 bits per heavy atom. The minimum atomic E-state index is -0.751. The number of halogens is 1. The molecule has 0 aliphatic carbocycles. The Morgan fingerprint density at radius 2 is 2.00 bits per heavy atom. The van der Waals surface area contributed by atoms with E-state index in [4.69, 9.17) is 9.15 Å². The van der Waals surface area contributed by atoms with E-state index < -0.39 is 6.10 Å². The number of ether oxygens (including phenoxy) is 1. The highest BCUT2D eigenvalue weighted by Gasteiger charge is 2.15. The van der Waals surface area contributed by atoms with E-state index in [1.54, 1.807) is 50.2 Å². The zero-order valence-electron chi connectivity index (χ0n) is 13.7. The Balaban J connectivity index is 1.62. The van der Waals surface area contributed by atoms with E-state index >= 15 is 0 Å². The second-order valence-electron chi connectivity index (χ2n) is 5.48. The van der Waals surface area contributed by atoms with E-state index in [9.17, 15) is 9.18 Å². The van der Waals surface area contributed by atoms with Gasteiger partial charge >= 0.3 is 0 Å². The zero-order valence-corrected chi connectivity index (χ0v) is 13.7. The Kier molecular flexibility index (Phi) is 4.74. The lowest BCUT2D eigenvalue weighted by Gasteiger charge is -2.15. The van der Waals surface area contributed by atoms with Gasteiger partial charge < -0.3 is 14.5 Å². The number of amides is 1. The molecule has 1 aromatic heterocycles. The van der Waals surface area contributed by atoms with Crippen molar-refractivity contribution in [3.63, 3.8) is 0 Å². The number of nitrogens with zero attached hydrogens (tertiary/aromatic N) is 2. The molecule has 6 nitrogen and oxygen atoms in total. The van der Waals surface area contributed by atoms with Gasteiger partial charge in [-0.05, 0) is 55.8 Å². The van der Waals surface area contributed by atoms with Crippen molar-refractivity contribution in [2.24, 2.45) is 0 Å². The van der Waals surface area contributed by atoms with Crippen LogP contribution in [0.3, 0.4) is 0 Å². The van der Waals surface area contributed by atoms with Gasteiger partial charge in [0.2, 0.25) is 12.3 Å². The fourth-order valence-corrected chi connectivity index (χ4v) is 2.15. The molecule has 0 bridgehead atoms. The van der Waals surface area contributed by atoms with Crippen molar-refractivity contribution in [1.29, 1.82) is 0 Å². The van der Waals surface area contributed by atoms with Crippen LogP contribution in [0.2, 0.25) is 0 Å². The van der Waals surface area contributed by atoms with Crippen LogP contribution in [-0.4, -0.2) is 22.2 Å². The molecule has 3 rings (SSSR count). The number of carbonyl (C=O) groups excluding carboxylic acids is 1. The summed E-state index contributed by atoms with van der Waals surface area (Å²) in [4.78, 5) is 12.2. The number of anilines is 1. The molecule has 0 radical (unpaired) electrons. The van der Waals surface area contributed by atoms with Crippen LogP contribution >= 0.6 is 0 Å². The molecule has 0 fully saturated rings. The first-order valence-electron chi connectivity index (χ1n) is 7.63. The van der Waals surface area contributed by atoms with E-state index in [0.29, 0.717) is 22.9 Å². The van der Waals surface area contributed by atoms with Gasteiger partial charge in [0.15, 0.2) is 6.10 Å². The van der Waals surface area contributed by atoms with Gasteiger partial charge in [-0.1, -0.05) is 6.07 Å². The van der Waals surface area contributed by atoms with Crippen LogP contribution < -0.4 is 10.1 Å². The number of carbonyl (C=O) groups is 1. The first-order chi connectivity index (χ1) is 12.0. The monoisotopic (exact) mass is 341 g/mol. The Hall–Kier alpha value is -3.22. The van der Waals surface area contributed by atoms with Crippen molar-refractivity contribution in [3.05, 3.63) is 60.2 Å². The fourth-order valence-electron chi connectivity index (χ4n) is 2.15. The molecule has 7 heteroatoms. The van der Waals surface area contributed by atoms with E-state index in [1.807, 2.05) is 0 Å². The third-order valence-corrected chi connectivity index (χ3v) is 3.58. The highest BCUT2D eigenvalue weighted by molar-refractivity contribution is 5.94. The van der Waals surface area contributed by atoms with Gasteiger partial charge in [0.1, 0.15) is 11.6 Å². The van der Waals surface area contributed by atoms with E-state index in [-0.39, 0.29) is 11.7 Å². The largest absolute Gasteiger partial charge is 0.481 e. The molecule has 1 amide bonds. The predicted octanol–water partition coefficient (Wildman–Crippen LogP) is 3.59. The zero-order chi connectivity index (χ0) is 17.8. The summed E-state index contributed by atoms with van der Waals surface area (Å²) in [6.45, 7) is 3.27. The fraction of sp³-hybridized carbons (Fsp3) is 0.167. The highest BCUT2D eigenvalue weighted by atomic mass is 19.1. The summed E-state index contributed by atoms with van der Waals surface area (Å²) in [6.07, 6.45) is 0.499. The van der Waals surface area contributed by atoms with Gasteiger partial charge in [0.05, 0.1) is 0 Å². The Bertz CT molecular complexity index is 864. The van der Waals surface area contributed by atoms with E-state index in [0.717, 1.165) is 5.56 Å². The average molecular weight is 341 g/mol. The normalized spacial score (nSPS) is 11.8. The first kappa shape index (κ1) is 16.6. The number of aromatic nitrogens is 2. The second-order valence-corrected chi connectivity index (χ2v) is 5.48. The minimum absolute atomic E-state index is 0.371. The summed E-state index contributed by atoms with van der Waals surface area (Å²) >= 11 is 0. The molecule has 0 spiro atoms. The van der Waals surface area contributed by atoms with Gasteiger partial charge in [-0.3, -0.25) is 4.79 Å². The van der Waals surface area contributed by atoms with Crippen molar-refractivity contribution in [2.75, 3.05) is 5.32 Å². The maximum absolute atomic E-state index is 13.5. The molecule has 25 heavy (non-hydrogen) atoms. The van der Waals surface area contributed by atoms with Crippen molar-refractivity contribution in [2.45, 2.75) is 20.0 Å². The Morgan fingerprint density at radius 3 is 2.64 bits per heavy atom. The van der Waals surface area contributed by atoms with Crippen LogP contribution in [0.25, 0.3) is 11.5 Å². The first-order valence-corrected chi connectivity index (χ1v) is 7.63. The number of benzene rings is 2. The number of hydrogen-bond donors (Lipinski definition) is 1. The number of nitrogens with one attached hydrogen (secondary N) is 1. The molecule has 1 atom stereocenters. The molecule has 1 unspecified atom stereocenters. The summed E-state index contributed by atoms with van der Waals surface area (Å²) < 4.78 is 24.2. The Labute approximate surface area is 143 Å². The van der Waals surface area contributed by atoms with Crippen LogP contribution in [0.5, 0.6) is 5.75 Å². The summed E-state index contributed by atoms with van der Waals surface area (Å²) in [5.41, 5.74) is 1.65. The highest BCUT2D eigenvalue weighted by Crippen LogP contribution is 2.21. The lowest BCUT2D eigenvalue weighted by Crippen LogP contribution is -2.30. The minimum Gasteiger partial charge on any atom is -0.481 e. The van der Waals surface area contributed by atoms with Crippen molar-refractivity contribution >= 4 is 11.6 Å². The summed E-state index contributed by atoms with van der Waals surface area (Å²) in [7, 11) is 0. The van der Waals surface area contributed by atoms with Crippen molar-refractivity contribution in [3.8, 4) is 17.2 Å². The maximum Gasteiger partial charge on any atom is 0.265 e. The number of rotatable bonds is 5. The molecular weight excluding hydrogens is 325 g/mol. The summed E-state index contributed by atoms with van der Waals surface area (Å²) in [5, 5.41) is 10.1. The third kappa shape index (κ3) is 4.00. The molecule has 3 aromatic rings. The lowest BCUT2D eigenvalue weighted by atomic mass is 10.2. The average Bonchev–Trinajstić information content (AvgIpc) is 3.13. The molecule has 1 N–H and O–H groups in total. The SMILES string of the molecule is Cc1ccc(NC(=O)C(C)Oc2ccc(-c3nnco3)cc2)cc1F. The van der Waals surface area contributed by atoms with Crippen molar-refractivity contribution < 1.29 is 18.3 Å². The molecular formula is C18H16FN3O3. The van der Waals surface area contributed by atoms with Gasteiger partial charge in [-0.15, -0.1) is 10.2 Å². The lowest BCUT2D eigenvalue weighted by molar-refractivity contribution is -0.122. The van der Waals surface area contributed by atoms with Crippen LogP contribution in [0, 0.1) is 12.7 Å². The van der Waals surface area contributed by atoms with Crippen LogP contribution in [0.1, 0.15) is 12.5 Å².